The molecule has 0 heterocycles. The lowest BCUT2D eigenvalue weighted by Crippen LogP contribution is -2.14. The van der Waals surface area contributed by atoms with E-state index in [0.29, 0.717) is 21.9 Å². The molecule has 0 saturated carbocycles. The van der Waals surface area contributed by atoms with Crippen molar-refractivity contribution in [2.24, 2.45) is 0 Å². The van der Waals surface area contributed by atoms with Crippen molar-refractivity contribution in [3.63, 3.8) is 0 Å². The summed E-state index contributed by atoms with van der Waals surface area (Å²) in [6, 6.07) is 10.3. The molecule has 0 fully saturated rings. The molecule has 4 nitrogen and oxygen atoms in total. The Morgan fingerprint density at radius 1 is 1.04 bits per heavy atom. The highest BCUT2D eigenvalue weighted by Crippen LogP contribution is 2.25. The van der Waals surface area contributed by atoms with Crippen molar-refractivity contribution in [3.05, 3.63) is 63.7 Å². The fourth-order valence-corrected chi connectivity index (χ4v) is 3.09. The maximum Gasteiger partial charge on any atom is 0.338 e. The van der Waals surface area contributed by atoms with Gasteiger partial charge in [0.2, 0.25) is 0 Å². The van der Waals surface area contributed by atoms with Gasteiger partial charge in [-0.2, -0.15) is 0 Å². The maximum atomic E-state index is 12.1. The Morgan fingerprint density at radius 3 is 2.54 bits per heavy atom. The van der Waals surface area contributed by atoms with E-state index in [4.69, 9.17) is 21.1 Å². The topological polar surface area (TPSA) is 52.6 Å². The van der Waals surface area contributed by atoms with Gasteiger partial charge in [-0.05, 0) is 60.7 Å². The van der Waals surface area contributed by atoms with Crippen LogP contribution in [-0.2, 0) is 17.6 Å². The van der Waals surface area contributed by atoms with Gasteiger partial charge in [-0.3, -0.25) is 4.79 Å². The zero-order valence-electron chi connectivity index (χ0n) is 13.3. The highest BCUT2D eigenvalue weighted by atomic mass is 35.5. The molecule has 0 bridgehead atoms. The Hall–Kier alpha value is -2.33. The van der Waals surface area contributed by atoms with Crippen LogP contribution in [0.4, 0.5) is 0 Å². The van der Waals surface area contributed by atoms with Crippen LogP contribution in [0.1, 0.15) is 38.3 Å². The van der Waals surface area contributed by atoms with Crippen LogP contribution in [0.5, 0.6) is 5.75 Å². The lowest BCUT2D eigenvalue weighted by molar-refractivity contribution is 0.0474. The molecule has 0 spiro atoms. The first kappa shape index (κ1) is 16.5. The molecular weight excluding hydrogens is 328 g/mol. The van der Waals surface area contributed by atoms with E-state index in [0.717, 1.165) is 19.3 Å². The van der Waals surface area contributed by atoms with Gasteiger partial charge in [0, 0.05) is 5.56 Å². The van der Waals surface area contributed by atoms with Gasteiger partial charge in [-0.1, -0.05) is 17.7 Å². The van der Waals surface area contributed by atoms with Crippen LogP contribution in [0.25, 0.3) is 0 Å². The molecule has 1 aliphatic carbocycles. The number of ketones is 1. The van der Waals surface area contributed by atoms with E-state index in [2.05, 4.69) is 0 Å². The summed E-state index contributed by atoms with van der Waals surface area (Å²) in [7, 11) is 1.50. The van der Waals surface area contributed by atoms with Crippen molar-refractivity contribution in [1.82, 2.24) is 0 Å². The Kier molecular flexibility index (Phi) is 4.86. The van der Waals surface area contributed by atoms with Crippen molar-refractivity contribution in [2.75, 3.05) is 13.7 Å². The van der Waals surface area contributed by atoms with E-state index in [-0.39, 0.29) is 12.4 Å². The largest absolute Gasteiger partial charge is 0.495 e. The number of rotatable bonds is 5. The van der Waals surface area contributed by atoms with Gasteiger partial charge in [0.05, 0.1) is 17.7 Å². The number of aryl methyl sites for hydroxylation is 2. The fourth-order valence-electron chi connectivity index (χ4n) is 2.84. The van der Waals surface area contributed by atoms with Crippen LogP contribution in [0.2, 0.25) is 5.02 Å². The number of carbonyl (C=O) groups is 2. The first-order valence-corrected chi connectivity index (χ1v) is 8.12. The molecule has 0 aromatic heterocycles. The van der Waals surface area contributed by atoms with E-state index >= 15 is 0 Å². The third-order valence-electron chi connectivity index (χ3n) is 4.14. The molecule has 0 unspecified atom stereocenters. The number of esters is 1. The number of fused-ring (bicyclic) bond motifs is 1. The number of methoxy groups -OCH3 is 1. The van der Waals surface area contributed by atoms with Crippen molar-refractivity contribution >= 4 is 23.4 Å². The minimum Gasteiger partial charge on any atom is -0.495 e. The summed E-state index contributed by atoms with van der Waals surface area (Å²) in [6.07, 6.45) is 3.16. The number of halogens is 1. The summed E-state index contributed by atoms with van der Waals surface area (Å²) in [4.78, 5) is 24.3. The minimum absolute atomic E-state index is 0.311. The second-order valence-corrected chi connectivity index (χ2v) is 6.09. The number of carbonyl (C=O) groups excluding carboxylic acids is 2. The predicted octanol–water partition coefficient (Wildman–Crippen LogP) is 3.88. The predicted molar refractivity (Wildman–Crippen MR) is 91.1 cm³/mol. The summed E-state index contributed by atoms with van der Waals surface area (Å²) in [5, 5.41) is 0.341. The van der Waals surface area contributed by atoms with Gasteiger partial charge in [0.1, 0.15) is 5.75 Å². The van der Waals surface area contributed by atoms with Crippen molar-refractivity contribution in [2.45, 2.75) is 19.3 Å². The Balaban J connectivity index is 1.63. The summed E-state index contributed by atoms with van der Waals surface area (Å²) in [5.41, 5.74) is 3.34. The molecule has 0 aliphatic heterocycles. The Morgan fingerprint density at radius 2 is 1.79 bits per heavy atom. The summed E-state index contributed by atoms with van der Waals surface area (Å²) in [5.74, 6) is -0.310. The molecule has 2 aromatic carbocycles. The van der Waals surface area contributed by atoms with E-state index in [1.54, 1.807) is 18.2 Å². The summed E-state index contributed by atoms with van der Waals surface area (Å²) >= 11 is 6.00. The molecule has 24 heavy (non-hydrogen) atoms. The number of hydrogen-bond donors (Lipinski definition) is 0. The average molecular weight is 345 g/mol. The van der Waals surface area contributed by atoms with Gasteiger partial charge in [0.25, 0.3) is 0 Å². The van der Waals surface area contributed by atoms with Crippen molar-refractivity contribution in [3.8, 4) is 5.75 Å². The Labute approximate surface area is 145 Å². The highest BCUT2D eigenvalue weighted by molar-refractivity contribution is 6.32. The fraction of sp³-hybridized carbons (Fsp3) is 0.263. The van der Waals surface area contributed by atoms with Crippen LogP contribution in [-0.4, -0.2) is 25.5 Å². The van der Waals surface area contributed by atoms with E-state index < -0.39 is 5.97 Å². The van der Waals surface area contributed by atoms with Gasteiger partial charge in [0.15, 0.2) is 12.4 Å². The number of benzene rings is 2. The zero-order valence-corrected chi connectivity index (χ0v) is 14.1. The number of hydrogen-bond acceptors (Lipinski definition) is 4. The number of Topliss-reactive ketones (excluding diaryl/α,β-unsaturated/α-hetero) is 1. The van der Waals surface area contributed by atoms with Crippen molar-refractivity contribution < 1.29 is 19.1 Å². The average Bonchev–Trinajstić information content (AvgIpc) is 3.06. The molecule has 1 aliphatic rings. The van der Waals surface area contributed by atoms with Gasteiger partial charge in [-0.25, -0.2) is 4.79 Å². The lowest BCUT2D eigenvalue weighted by atomic mass is 10.1. The third kappa shape index (κ3) is 3.44. The quantitative estimate of drug-likeness (QED) is 0.610. The molecule has 124 valence electrons. The highest BCUT2D eigenvalue weighted by Gasteiger charge is 2.16. The normalized spacial score (nSPS) is 12.6. The van der Waals surface area contributed by atoms with Gasteiger partial charge in [-0.15, -0.1) is 0 Å². The second-order valence-electron chi connectivity index (χ2n) is 5.69. The van der Waals surface area contributed by atoms with Gasteiger partial charge < -0.3 is 9.47 Å². The SMILES string of the molecule is COc1ccc(C(=O)COC(=O)c2ccc3c(c2)CCC3)cc1Cl. The molecule has 0 radical (unpaired) electrons. The van der Waals surface area contributed by atoms with Crippen LogP contribution in [0.15, 0.2) is 36.4 Å². The zero-order chi connectivity index (χ0) is 17.1. The molecule has 5 heteroatoms. The molecular formula is C19H17ClO4. The number of ether oxygens (including phenoxy) is 2. The molecule has 0 amide bonds. The summed E-state index contributed by atoms with van der Waals surface area (Å²) < 4.78 is 10.2. The standard InChI is InChI=1S/C19H17ClO4/c1-23-18-8-7-14(10-16(18)20)17(21)11-24-19(22)15-6-5-12-3-2-4-13(12)9-15/h5-10H,2-4,11H2,1H3. The van der Waals surface area contributed by atoms with Crippen LogP contribution in [0, 0.1) is 0 Å². The molecule has 0 saturated heterocycles. The van der Waals surface area contributed by atoms with Crippen LogP contribution < -0.4 is 4.74 Å². The van der Waals surface area contributed by atoms with E-state index in [1.807, 2.05) is 12.1 Å². The van der Waals surface area contributed by atoms with Crippen LogP contribution >= 0.6 is 11.6 Å². The van der Waals surface area contributed by atoms with E-state index in [1.165, 1.54) is 24.3 Å². The van der Waals surface area contributed by atoms with E-state index in [9.17, 15) is 9.59 Å². The van der Waals surface area contributed by atoms with Crippen molar-refractivity contribution in [1.29, 1.82) is 0 Å². The summed E-state index contributed by atoms with van der Waals surface area (Å²) in [6.45, 7) is -0.321. The minimum atomic E-state index is -0.488. The maximum absolute atomic E-state index is 12.1. The molecule has 0 N–H and O–H groups in total. The Bertz CT molecular complexity index is 798. The van der Waals surface area contributed by atoms with Gasteiger partial charge >= 0.3 is 5.97 Å². The monoisotopic (exact) mass is 344 g/mol. The second kappa shape index (κ2) is 7.05. The first-order chi connectivity index (χ1) is 11.6. The molecule has 3 rings (SSSR count). The molecule has 2 aromatic rings. The first-order valence-electron chi connectivity index (χ1n) is 7.74. The third-order valence-corrected chi connectivity index (χ3v) is 4.44. The van der Waals surface area contributed by atoms with Crippen LogP contribution in [0.3, 0.4) is 0 Å². The lowest BCUT2D eigenvalue weighted by Gasteiger charge is -2.08. The smallest absolute Gasteiger partial charge is 0.338 e. The molecule has 0 atom stereocenters.